The molecule has 0 unspecified atom stereocenters. The van der Waals surface area contributed by atoms with Gasteiger partial charge in [0, 0.05) is 57.9 Å². The molecular formula is C30H39F2N5O8. The maximum absolute atomic E-state index is 14.1. The molecule has 7 atom stereocenters. The maximum Gasteiger partial charge on any atom is 0.244 e. The normalized spacial score (nSPS) is 33.7. The summed E-state index contributed by atoms with van der Waals surface area (Å²) in [6.45, 7) is 1.27. The Balaban J connectivity index is 1.28. The minimum Gasteiger partial charge on any atom is -0.388 e. The van der Waals surface area contributed by atoms with Crippen LogP contribution in [0.2, 0.25) is 0 Å². The topological polar surface area (TPSA) is 161 Å². The van der Waals surface area contributed by atoms with Gasteiger partial charge < -0.3 is 40.1 Å². The molecule has 0 saturated carbocycles. The molecule has 246 valence electrons. The van der Waals surface area contributed by atoms with Gasteiger partial charge in [0.1, 0.15) is 24.4 Å². The van der Waals surface area contributed by atoms with Crippen molar-refractivity contribution in [1.29, 1.82) is 0 Å². The number of aliphatic hydroxyl groups is 2. The van der Waals surface area contributed by atoms with Crippen LogP contribution in [-0.2, 0) is 35.2 Å². The van der Waals surface area contributed by atoms with E-state index in [4.69, 9.17) is 9.47 Å². The Morgan fingerprint density at radius 1 is 0.978 bits per heavy atom. The van der Waals surface area contributed by atoms with E-state index in [9.17, 15) is 38.2 Å². The van der Waals surface area contributed by atoms with Crippen molar-refractivity contribution in [3.63, 3.8) is 0 Å². The molecule has 4 N–H and O–H groups in total. The van der Waals surface area contributed by atoms with Gasteiger partial charge in [0.15, 0.2) is 11.6 Å². The van der Waals surface area contributed by atoms with E-state index in [0.717, 1.165) is 12.1 Å². The summed E-state index contributed by atoms with van der Waals surface area (Å²) in [7, 11) is 0. The summed E-state index contributed by atoms with van der Waals surface area (Å²) in [5.74, 6) is -3.78. The average molecular weight is 636 g/mol. The third-order valence-corrected chi connectivity index (χ3v) is 9.60. The molecule has 5 saturated heterocycles. The van der Waals surface area contributed by atoms with Gasteiger partial charge in [-0.25, -0.2) is 8.78 Å². The highest BCUT2D eigenvalue weighted by atomic mass is 19.2. The molecule has 0 aliphatic carbocycles. The number of hydrogen-bond acceptors (Lipinski definition) is 9. The lowest BCUT2D eigenvalue weighted by Gasteiger charge is -2.43. The number of benzene rings is 1. The third kappa shape index (κ3) is 6.68. The second-order valence-electron chi connectivity index (χ2n) is 12.6. The largest absolute Gasteiger partial charge is 0.388 e. The lowest BCUT2D eigenvalue weighted by atomic mass is 9.96. The summed E-state index contributed by atoms with van der Waals surface area (Å²) in [6.07, 6.45) is -3.72. The first kappa shape index (κ1) is 31.7. The predicted octanol–water partition coefficient (Wildman–Crippen LogP) is -1.50. The Hall–Kier alpha value is -3.24. The SMILES string of the molecule is O=C1C[C@@H]2O[C@H](CNC(=O)[C@@H]3CN(CCN3C(=O)C3CCOCC3)C(=O)[C@@H]3C[C@@H](CN3Cc3ccc(F)c(F)c3)N1)[C@@H](O)[C@H]2O. The van der Waals surface area contributed by atoms with Gasteiger partial charge in [-0.2, -0.15) is 0 Å². The number of amides is 4. The molecule has 5 fully saturated rings. The Morgan fingerprint density at radius 2 is 1.73 bits per heavy atom. The number of nitrogens with one attached hydrogen (secondary N) is 2. The number of hydrogen-bond donors (Lipinski definition) is 4. The molecule has 1 aromatic carbocycles. The fourth-order valence-electron chi connectivity index (χ4n) is 7.12. The molecule has 5 aliphatic heterocycles. The van der Waals surface area contributed by atoms with Gasteiger partial charge in [-0.05, 0) is 37.0 Å². The zero-order chi connectivity index (χ0) is 31.8. The molecule has 45 heavy (non-hydrogen) atoms. The van der Waals surface area contributed by atoms with Crippen molar-refractivity contribution >= 4 is 23.6 Å². The van der Waals surface area contributed by atoms with E-state index >= 15 is 0 Å². The van der Waals surface area contributed by atoms with E-state index in [1.165, 1.54) is 15.9 Å². The number of fused-ring (bicyclic) bond motifs is 6. The molecule has 5 aliphatic rings. The van der Waals surface area contributed by atoms with Crippen LogP contribution in [-0.4, -0.2) is 137 Å². The van der Waals surface area contributed by atoms with Crippen LogP contribution >= 0.6 is 0 Å². The lowest BCUT2D eigenvalue weighted by molar-refractivity contribution is -0.154. The first-order chi connectivity index (χ1) is 21.6. The standard InChI is InChI=1S/C30H39F2N5O8/c31-19-2-1-16(9-20(19)32)13-36-14-18-10-21(36)30(43)35-5-6-37(29(42)17-3-7-44-8-4-17)22(15-35)28(41)33-12-24-27(40)26(39)23(45-24)11-25(38)34-18/h1-2,9,17-18,21-24,26-27,39-40H,3-8,10-15H2,(H,33,41)(H,34,38)/t18-,21-,22-,23-,24+,26-,27+/m0/s1. The molecule has 6 bridgehead atoms. The highest BCUT2D eigenvalue weighted by molar-refractivity contribution is 5.91. The third-order valence-electron chi connectivity index (χ3n) is 9.60. The van der Waals surface area contributed by atoms with E-state index in [-0.39, 0.29) is 69.8 Å². The summed E-state index contributed by atoms with van der Waals surface area (Å²) in [6, 6.07) is 1.27. The van der Waals surface area contributed by atoms with Crippen LogP contribution in [0.25, 0.3) is 0 Å². The molecular weight excluding hydrogens is 596 g/mol. The van der Waals surface area contributed by atoms with Crippen LogP contribution in [0, 0.1) is 17.6 Å². The van der Waals surface area contributed by atoms with Crippen molar-refractivity contribution in [3.05, 3.63) is 35.4 Å². The highest BCUT2D eigenvalue weighted by Crippen LogP contribution is 2.28. The molecule has 13 nitrogen and oxygen atoms in total. The van der Waals surface area contributed by atoms with Gasteiger partial charge in [-0.1, -0.05) is 6.07 Å². The van der Waals surface area contributed by atoms with E-state index in [2.05, 4.69) is 10.6 Å². The summed E-state index contributed by atoms with van der Waals surface area (Å²) in [5.41, 5.74) is 0.441. The number of rotatable bonds is 3. The highest BCUT2D eigenvalue weighted by Gasteiger charge is 2.47. The van der Waals surface area contributed by atoms with Crippen molar-refractivity contribution in [2.45, 2.75) is 74.8 Å². The second kappa shape index (κ2) is 13.2. The molecule has 1 aromatic rings. The molecule has 6 rings (SSSR count). The summed E-state index contributed by atoms with van der Waals surface area (Å²) < 4.78 is 38.8. The van der Waals surface area contributed by atoms with Crippen LogP contribution in [0.15, 0.2) is 18.2 Å². The molecule has 0 radical (unpaired) electrons. The first-order valence-corrected chi connectivity index (χ1v) is 15.5. The minimum absolute atomic E-state index is 0.0779. The number of piperazine rings is 1. The lowest BCUT2D eigenvalue weighted by Crippen LogP contribution is -2.64. The van der Waals surface area contributed by atoms with Crippen molar-refractivity contribution in [1.82, 2.24) is 25.3 Å². The fraction of sp³-hybridized carbons (Fsp3) is 0.667. The van der Waals surface area contributed by atoms with Gasteiger partial charge in [-0.3, -0.25) is 24.1 Å². The summed E-state index contributed by atoms with van der Waals surface area (Å²) in [4.78, 5) is 59.2. The minimum atomic E-state index is -1.37. The van der Waals surface area contributed by atoms with Crippen LogP contribution in [0.5, 0.6) is 0 Å². The zero-order valence-corrected chi connectivity index (χ0v) is 24.8. The van der Waals surface area contributed by atoms with Crippen molar-refractivity contribution in [2.24, 2.45) is 5.92 Å². The van der Waals surface area contributed by atoms with Gasteiger partial charge in [0.25, 0.3) is 0 Å². The first-order valence-electron chi connectivity index (χ1n) is 15.5. The van der Waals surface area contributed by atoms with Crippen LogP contribution < -0.4 is 10.6 Å². The average Bonchev–Trinajstić information content (AvgIpc) is 3.55. The maximum atomic E-state index is 14.1. The van der Waals surface area contributed by atoms with Gasteiger partial charge in [0.2, 0.25) is 23.6 Å². The van der Waals surface area contributed by atoms with E-state index in [1.54, 1.807) is 4.90 Å². The fourth-order valence-corrected chi connectivity index (χ4v) is 7.12. The number of carbonyl (C=O) groups excluding carboxylic acids is 4. The van der Waals surface area contributed by atoms with Gasteiger partial charge in [-0.15, -0.1) is 0 Å². The van der Waals surface area contributed by atoms with E-state index < -0.39 is 66.0 Å². The Bertz CT molecular complexity index is 1310. The zero-order valence-electron chi connectivity index (χ0n) is 24.8. The second-order valence-corrected chi connectivity index (χ2v) is 12.6. The van der Waals surface area contributed by atoms with Crippen molar-refractivity contribution < 1.29 is 47.6 Å². The summed E-state index contributed by atoms with van der Waals surface area (Å²) in [5, 5.41) is 26.8. The number of nitrogens with zero attached hydrogens (tertiary/aromatic N) is 3. The smallest absolute Gasteiger partial charge is 0.244 e. The van der Waals surface area contributed by atoms with Gasteiger partial charge >= 0.3 is 0 Å². The number of halogens is 2. The Labute approximate surface area is 258 Å². The number of carbonyl (C=O) groups is 4. The molecule has 5 heterocycles. The number of aliphatic hydroxyl groups excluding tert-OH is 2. The Morgan fingerprint density at radius 3 is 2.49 bits per heavy atom. The van der Waals surface area contributed by atoms with Crippen molar-refractivity contribution in [3.8, 4) is 0 Å². The predicted molar refractivity (Wildman–Crippen MR) is 151 cm³/mol. The van der Waals surface area contributed by atoms with E-state index in [1.807, 2.05) is 0 Å². The molecule has 15 heteroatoms. The van der Waals surface area contributed by atoms with Gasteiger partial charge in [0.05, 0.1) is 25.1 Å². The summed E-state index contributed by atoms with van der Waals surface area (Å²) >= 11 is 0. The van der Waals surface area contributed by atoms with E-state index in [0.29, 0.717) is 31.6 Å². The van der Waals surface area contributed by atoms with Crippen molar-refractivity contribution in [2.75, 3.05) is 45.9 Å². The number of ether oxygens (including phenoxy) is 2. The quantitative estimate of drug-likeness (QED) is 0.310. The van der Waals surface area contributed by atoms with Crippen LogP contribution in [0.3, 0.4) is 0 Å². The molecule has 0 spiro atoms. The monoisotopic (exact) mass is 635 g/mol. The molecule has 0 aromatic heterocycles. The van der Waals surface area contributed by atoms with Crippen LogP contribution in [0.4, 0.5) is 8.78 Å². The number of likely N-dealkylation sites (tertiary alicyclic amines) is 1. The molecule has 4 amide bonds. The Kier molecular flexibility index (Phi) is 9.34. The van der Waals surface area contributed by atoms with Crippen LogP contribution in [0.1, 0.15) is 31.2 Å².